The highest BCUT2D eigenvalue weighted by Gasteiger charge is 2.18. The van der Waals surface area contributed by atoms with E-state index in [1.807, 2.05) is 19.1 Å². The summed E-state index contributed by atoms with van der Waals surface area (Å²) in [6.07, 6.45) is 1.45. The Bertz CT molecular complexity index is 679. The maximum atomic E-state index is 12.2. The van der Waals surface area contributed by atoms with Crippen LogP contribution in [0.5, 0.6) is 0 Å². The zero-order valence-electron chi connectivity index (χ0n) is 9.88. The standard InChI is InChI=1S/C11H12BrN3O2S/c1-8-3-4-9(12)7-10(8)14-18(16,17)11-5-6-13-15(11)2/h3-7,14H,1-2H3. The van der Waals surface area contributed by atoms with E-state index in [1.54, 1.807) is 13.1 Å². The van der Waals surface area contributed by atoms with E-state index in [0.717, 1.165) is 10.0 Å². The van der Waals surface area contributed by atoms with E-state index < -0.39 is 10.0 Å². The first-order chi connectivity index (χ1) is 8.40. The molecular weight excluding hydrogens is 318 g/mol. The van der Waals surface area contributed by atoms with Gasteiger partial charge < -0.3 is 0 Å². The molecule has 0 radical (unpaired) electrons. The highest BCUT2D eigenvalue weighted by atomic mass is 79.9. The van der Waals surface area contributed by atoms with Crippen molar-refractivity contribution < 1.29 is 8.42 Å². The van der Waals surface area contributed by atoms with E-state index in [4.69, 9.17) is 0 Å². The lowest BCUT2D eigenvalue weighted by atomic mass is 10.2. The summed E-state index contributed by atoms with van der Waals surface area (Å²) in [6, 6.07) is 6.88. The average molecular weight is 330 g/mol. The van der Waals surface area contributed by atoms with Crippen LogP contribution >= 0.6 is 15.9 Å². The zero-order valence-corrected chi connectivity index (χ0v) is 12.3. The number of aryl methyl sites for hydroxylation is 2. The van der Waals surface area contributed by atoms with Gasteiger partial charge in [0.2, 0.25) is 0 Å². The third-order valence-corrected chi connectivity index (χ3v) is 4.43. The third-order valence-electron chi connectivity index (χ3n) is 2.50. The molecule has 0 aliphatic rings. The van der Waals surface area contributed by atoms with Crippen molar-refractivity contribution >= 4 is 31.6 Å². The van der Waals surface area contributed by atoms with Crippen LogP contribution in [0.1, 0.15) is 5.56 Å². The van der Waals surface area contributed by atoms with Gasteiger partial charge in [-0.05, 0) is 30.7 Å². The smallest absolute Gasteiger partial charge is 0.278 e. The van der Waals surface area contributed by atoms with Crippen LogP contribution in [-0.2, 0) is 17.1 Å². The number of hydrogen-bond donors (Lipinski definition) is 1. The quantitative estimate of drug-likeness (QED) is 0.939. The number of aromatic nitrogens is 2. The largest absolute Gasteiger partial charge is 0.279 e. The second-order valence-electron chi connectivity index (χ2n) is 3.86. The zero-order chi connectivity index (χ0) is 13.3. The van der Waals surface area contributed by atoms with Crippen molar-refractivity contribution in [1.82, 2.24) is 9.78 Å². The number of nitrogens with one attached hydrogen (secondary N) is 1. The molecule has 7 heteroatoms. The van der Waals surface area contributed by atoms with Gasteiger partial charge in [-0.2, -0.15) is 13.5 Å². The molecule has 1 aromatic carbocycles. The van der Waals surface area contributed by atoms with Gasteiger partial charge in [0.15, 0.2) is 5.03 Å². The Labute approximate surface area is 114 Å². The third kappa shape index (κ3) is 2.56. The summed E-state index contributed by atoms with van der Waals surface area (Å²) >= 11 is 3.31. The van der Waals surface area contributed by atoms with Crippen molar-refractivity contribution in [3.8, 4) is 0 Å². The number of anilines is 1. The number of rotatable bonds is 3. The monoisotopic (exact) mass is 329 g/mol. The van der Waals surface area contributed by atoms with Crippen molar-refractivity contribution in [2.45, 2.75) is 11.9 Å². The molecule has 2 rings (SSSR count). The van der Waals surface area contributed by atoms with E-state index in [-0.39, 0.29) is 5.03 Å². The molecule has 0 amide bonds. The predicted molar refractivity (Wildman–Crippen MR) is 72.9 cm³/mol. The van der Waals surface area contributed by atoms with Crippen LogP contribution in [0, 0.1) is 6.92 Å². The number of hydrogen-bond acceptors (Lipinski definition) is 3. The molecule has 0 bridgehead atoms. The summed E-state index contributed by atoms with van der Waals surface area (Å²) in [5.74, 6) is 0. The van der Waals surface area contributed by atoms with Gasteiger partial charge in [0, 0.05) is 11.5 Å². The van der Waals surface area contributed by atoms with Crippen LogP contribution in [0.15, 0.2) is 40.0 Å². The maximum Gasteiger partial charge on any atom is 0.279 e. The second kappa shape index (κ2) is 4.74. The molecular formula is C11H12BrN3O2S. The molecule has 0 saturated heterocycles. The SMILES string of the molecule is Cc1ccc(Br)cc1NS(=O)(=O)c1ccnn1C. The Morgan fingerprint density at radius 3 is 2.67 bits per heavy atom. The Balaban J connectivity index is 2.40. The van der Waals surface area contributed by atoms with Gasteiger partial charge >= 0.3 is 0 Å². The number of benzene rings is 1. The number of nitrogens with zero attached hydrogens (tertiary/aromatic N) is 2. The lowest BCUT2D eigenvalue weighted by Gasteiger charge is -2.10. The Morgan fingerprint density at radius 2 is 2.06 bits per heavy atom. The summed E-state index contributed by atoms with van der Waals surface area (Å²) in [7, 11) is -2.02. The van der Waals surface area contributed by atoms with Gasteiger partial charge in [-0.25, -0.2) is 0 Å². The summed E-state index contributed by atoms with van der Waals surface area (Å²) in [6.45, 7) is 1.84. The van der Waals surface area contributed by atoms with Gasteiger partial charge in [0.1, 0.15) is 0 Å². The predicted octanol–water partition coefficient (Wildman–Crippen LogP) is 2.29. The minimum Gasteiger partial charge on any atom is -0.278 e. The molecule has 0 saturated carbocycles. The minimum absolute atomic E-state index is 0.127. The van der Waals surface area contributed by atoms with E-state index in [9.17, 15) is 8.42 Å². The molecule has 1 N–H and O–H groups in total. The molecule has 0 atom stereocenters. The minimum atomic E-state index is -3.61. The van der Waals surface area contributed by atoms with Crippen LogP contribution in [0.25, 0.3) is 0 Å². The summed E-state index contributed by atoms with van der Waals surface area (Å²) < 4.78 is 29.0. The summed E-state index contributed by atoms with van der Waals surface area (Å²) in [4.78, 5) is 0. The molecule has 1 heterocycles. The van der Waals surface area contributed by atoms with Gasteiger partial charge in [-0.3, -0.25) is 9.40 Å². The van der Waals surface area contributed by atoms with E-state index >= 15 is 0 Å². The Kier molecular flexibility index (Phi) is 3.45. The first-order valence-electron chi connectivity index (χ1n) is 5.17. The van der Waals surface area contributed by atoms with E-state index in [0.29, 0.717) is 5.69 Å². The topological polar surface area (TPSA) is 64.0 Å². The molecule has 0 fully saturated rings. The molecule has 0 unspecified atom stereocenters. The first-order valence-corrected chi connectivity index (χ1v) is 7.45. The van der Waals surface area contributed by atoms with Crippen LogP contribution < -0.4 is 4.72 Å². The lowest BCUT2D eigenvalue weighted by Crippen LogP contribution is -2.17. The summed E-state index contributed by atoms with van der Waals surface area (Å²) in [5.41, 5.74) is 1.40. The molecule has 0 aliphatic carbocycles. The molecule has 96 valence electrons. The highest BCUT2D eigenvalue weighted by Crippen LogP contribution is 2.23. The van der Waals surface area contributed by atoms with Gasteiger partial charge in [0.05, 0.1) is 11.9 Å². The molecule has 1 aromatic heterocycles. The fourth-order valence-electron chi connectivity index (χ4n) is 1.53. The van der Waals surface area contributed by atoms with Gasteiger partial charge in [-0.1, -0.05) is 22.0 Å². The van der Waals surface area contributed by atoms with Gasteiger partial charge in [-0.15, -0.1) is 0 Å². The molecule has 2 aromatic rings. The molecule has 0 spiro atoms. The molecule has 5 nitrogen and oxygen atoms in total. The Hall–Kier alpha value is -1.34. The summed E-state index contributed by atoms with van der Waals surface area (Å²) in [5, 5.41) is 3.98. The van der Waals surface area contributed by atoms with E-state index in [2.05, 4.69) is 25.8 Å². The molecule has 18 heavy (non-hydrogen) atoms. The maximum absolute atomic E-state index is 12.2. The average Bonchev–Trinajstić information content (AvgIpc) is 2.70. The molecule has 0 aliphatic heterocycles. The van der Waals surface area contributed by atoms with Crippen LogP contribution in [0.2, 0.25) is 0 Å². The number of halogens is 1. The van der Waals surface area contributed by atoms with Crippen molar-refractivity contribution in [2.24, 2.45) is 7.05 Å². The fourth-order valence-corrected chi connectivity index (χ4v) is 3.14. The van der Waals surface area contributed by atoms with E-state index in [1.165, 1.54) is 16.9 Å². The van der Waals surface area contributed by atoms with Crippen molar-refractivity contribution in [2.75, 3.05) is 4.72 Å². The lowest BCUT2D eigenvalue weighted by molar-refractivity contribution is 0.582. The fraction of sp³-hybridized carbons (Fsp3) is 0.182. The second-order valence-corrected chi connectivity index (χ2v) is 6.40. The number of sulfonamides is 1. The van der Waals surface area contributed by atoms with Crippen molar-refractivity contribution in [3.63, 3.8) is 0 Å². The van der Waals surface area contributed by atoms with Crippen LogP contribution in [0.4, 0.5) is 5.69 Å². The highest BCUT2D eigenvalue weighted by molar-refractivity contribution is 9.10. The normalized spacial score (nSPS) is 11.5. The van der Waals surface area contributed by atoms with Crippen molar-refractivity contribution in [1.29, 1.82) is 0 Å². The van der Waals surface area contributed by atoms with Crippen LogP contribution in [0.3, 0.4) is 0 Å². The van der Waals surface area contributed by atoms with Crippen molar-refractivity contribution in [3.05, 3.63) is 40.5 Å². The van der Waals surface area contributed by atoms with Crippen LogP contribution in [-0.4, -0.2) is 18.2 Å². The van der Waals surface area contributed by atoms with Gasteiger partial charge in [0.25, 0.3) is 10.0 Å². The first kappa shape index (κ1) is 13.1. The Morgan fingerprint density at radius 1 is 1.33 bits per heavy atom.